The van der Waals surface area contributed by atoms with Gasteiger partial charge >= 0.3 is 0 Å². The second-order valence-corrected chi connectivity index (χ2v) is 5.50. The van der Waals surface area contributed by atoms with Crippen LogP contribution in [0.5, 0.6) is 0 Å². The van der Waals surface area contributed by atoms with E-state index in [1.165, 1.54) is 0 Å². The molecule has 0 saturated carbocycles. The van der Waals surface area contributed by atoms with Gasteiger partial charge in [-0.25, -0.2) is 13.2 Å². The van der Waals surface area contributed by atoms with Crippen LogP contribution in [-0.2, 0) is 11.3 Å². The molecule has 0 aliphatic carbocycles. The monoisotopic (exact) mass is 336 g/mol. The molecular weight excluding hydrogens is 317 g/mol. The quantitative estimate of drug-likeness (QED) is 0.772. The lowest BCUT2D eigenvalue weighted by Gasteiger charge is -2.15. The number of rotatable bonds is 6. The maximum atomic E-state index is 13.2. The number of anilines is 1. The summed E-state index contributed by atoms with van der Waals surface area (Å²) in [4.78, 5) is 11.3. The number of nitrogens with one attached hydrogen (secondary N) is 2. The highest BCUT2D eigenvalue weighted by Gasteiger charge is 2.11. The molecule has 2 aromatic rings. The highest BCUT2D eigenvalue weighted by atomic mass is 19.2. The molecule has 0 bridgehead atoms. The van der Waals surface area contributed by atoms with Crippen LogP contribution in [0.3, 0.4) is 0 Å². The molecule has 24 heavy (non-hydrogen) atoms. The third kappa shape index (κ3) is 4.58. The topological polar surface area (TPSA) is 41.1 Å². The normalized spacial score (nSPS) is 12.0. The second kappa shape index (κ2) is 7.97. The molecule has 2 N–H and O–H groups in total. The van der Waals surface area contributed by atoms with Gasteiger partial charge in [0.1, 0.15) is 0 Å². The number of carbonyl (C=O) groups is 1. The Morgan fingerprint density at radius 2 is 1.67 bits per heavy atom. The van der Waals surface area contributed by atoms with Crippen LogP contribution in [0.1, 0.15) is 37.4 Å². The molecule has 0 unspecified atom stereocenters. The molecule has 2 aromatic carbocycles. The summed E-state index contributed by atoms with van der Waals surface area (Å²) in [5.41, 5.74) is 1.98. The van der Waals surface area contributed by atoms with Gasteiger partial charge in [0.2, 0.25) is 5.91 Å². The maximum Gasteiger partial charge on any atom is 0.224 e. The van der Waals surface area contributed by atoms with Crippen LogP contribution in [0.4, 0.5) is 18.9 Å². The van der Waals surface area contributed by atoms with Gasteiger partial charge in [-0.2, -0.15) is 0 Å². The summed E-state index contributed by atoms with van der Waals surface area (Å²) in [7, 11) is 0. The molecule has 0 aromatic heterocycles. The molecule has 0 aliphatic heterocycles. The van der Waals surface area contributed by atoms with Crippen molar-refractivity contribution < 1.29 is 18.0 Å². The van der Waals surface area contributed by atoms with Gasteiger partial charge in [0, 0.05) is 24.7 Å². The minimum absolute atomic E-state index is 0.0608. The zero-order valence-electron chi connectivity index (χ0n) is 13.5. The first-order chi connectivity index (χ1) is 11.4. The fourth-order valence-electron chi connectivity index (χ4n) is 2.20. The third-order valence-corrected chi connectivity index (χ3v) is 3.67. The fraction of sp³-hybridized carbons (Fsp3) is 0.278. The van der Waals surface area contributed by atoms with E-state index in [9.17, 15) is 18.0 Å². The molecule has 0 fully saturated rings. The standard InChI is InChI=1S/C18H19F3N2O/c1-3-17(24)23-14-6-4-13(5-7-14)11(2)22-10-12-8-15(19)18(21)16(20)9-12/h4-9,11,22H,3,10H2,1-2H3,(H,23,24)/t11-/m0/s1. The molecule has 1 atom stereocenters. The molecule has 6 heteroatoms. The Labute approximate surface area is 138 Å². The largest absolute Gasteiger partial charge is 0.326 e. The van der Waals surface area contributed by atoms with Crippen molar-refractivity contribution >= 4 is 11.6 Å². The number of hydrogen-bond acceptors (Lipinski definition) is 2. The first kappa shape index (κ1) is 18.0. The lowest BCUT2D eigenvalue weighted by Crippen LogP contribution is -2.18. The highest BCUT2D eigenvalue weighted by Crippen LogP contribution is 2.18. The van der Waals surface area contributed by atoms with E-state index < -0.39 is 17.5 Å². The van der Waals surface area contributed by atoms with Crippen molar-refractivity contribution in [3.05, 3.63) is 65.0 Å². The summed E-state index contributed by atoms with van der Waals surface area (Å²) in [5.74, 6) is -3.92. The van der Waals surface area contributed by atoms with Crippen LogP contribution in [0.15, 0.2) is 36.4 Å². The van der Waals surface area contributed by atoms with Crippen molar-refractivity contribution in [1.29, 1.82) is 0 Å². The summed E-state index contributed by atoms with van der Waals surface area (Å²) in [6.07, 6.45) is 0.407. The van der Waals surface area contributed by atoms with Crippen LogP contribution >= 0.6 is 0 Å². The van der Waals surface area contributed by atoms with Gasteiger partial charge in [0.15, 0.2) is 17.5 Å². The van der Waals surface area contributed by atoms with Crippen molar-refractivity contribution in [3.63, 3.8) is 0 Å². The zero-order chi connectivity index (χ0) is 17.7. The third-order valence-electron chi connectivity index (χ3n) is 3.67. The Bertz CT molecular complexity index is 694. The SMILES string of the molecule is CCC(=O)Nc1ccc([C@H](C)NCc2cc(F)c(F)c(F)c2)cc1. The van der Waals surface area contributed by atoms with Crippen molar-refractivity contribution in [1.82, 2.24) is 5.32 Å². The Hall–Kier alpha value is -2.34. The highest BCUT2D eigenvalue weighted by molar-refractivity contribution is 5.90. The molecule has 2 rings (SSSR count). The average Bonchev–Trinajstić information content (AvgIpc) is 2.57. The van der Waals surface area contributed by atoms with Gasteiger partial charge in [-0.1, -0.05) is 19.1 Å². The van der Waals surface area contributed by atoms with Gasteiger partial charge in [-0.05, 0) is 42.3 Å². The number of hydrogen-bond donors (Lipinski definition) is 2. The van der Waals surface area contributed by atoms with Crippen molar-refractivity contribution in [2.24, 2.45) is 0 Å². The molecule has 128 valence electrons. The summed E-state index contributed by atoms with van der Waals surface area (Å²) < 4.78 is 39.3. The average molecular weight is 336 g/mol. The van der Waals surface area contributed by atoms with E-state index in [1.807, 2.05) is 19.1 Å². The molecule has 0 radical (unpaired) electrons. The molecule has 1 amide bonds. The van der Waals surface area contributed by atoms with Crippen LogP contribution in [0.25, 0.3) is 0 Å². The Morgan fingerprint density at radius 1 is 1.08 bits per heavy atom. The van der Waals surface area contributed by atoms with E-state index in [1.54, 1.807) is 19.1 Å². The molecular formula is C18H19F3N2O. The number of benzene rings is 2. The minimum Gasteiger partial charge on any atom is -0.326 e. The van der Waals surface area contributed by atoms with Crippen molar-refractivity contribution in [2.45, 2.75) is 32.9 Å². The van der Waals surface area contributed by atoms with E-state index in [-0.39, 0.29) is 18.5 Å². The van der Waals surface area contributed by atoms with Crippen LogP contribution in [-0.4, -0.2) is 5.91 Å². The molecule has 0 spiro atoms. The summed E-state index contributed by atoms with van der Waals surface area (Å²) >= 11 is 0. The second-order valence-electron chi connectivity index (χ2n) is 5.50. The molecule has 0 heterocycles. The summed E-state index contributed by atoms with van der Waals surface area (Å²) in [5, 5.41) is 5.87. The lowest BCUT2D eigenvalue weighted by molar-refractivity contribution is -0.115. The zero-order valence-corrected chi connectivity index (χ0v) is 13.5. The number of amides is 1. The molecule has 0 saturated heterocycles. The minimum atomic E-state index is -1.46. The number of carbonyl (C=O) groups excluding carboxylic acids is 1. The smallest absolute Gasteiger partial charge is 0.224 e. The van der Waals surface area contributed by atoms with E-state index >= 15 is 0 Å². The summed E-state index contributed by atoms with van der Waals surface area (Å²) in [6, 6.07) is 9.15. The maximum absolute atomic E-state index is 13.2. The first-order valence-corrected chi connectivity index (χ1v) is 7.67. The predicted molar refractivity (Wildman–Crippen MR) is 86.9 cm³/mol. The number of halogens is 3. The predicted octanol–water partition coefficient (Wildman–Crippen LogP) is 4.30. The van der Waals surface area contributed by atoms with E-state index in [2.05, 4.69) is 10.6 Å². The fourth-order valence-corrected chi connectivity index (χ4v) is 2.20. The van der Waals surface area contributed by atoms with Crippen molar-refractivity contribution in [3.8, 4) is 0 Å². The van der Waals surface area contributed by atoms with Gasteiger partial charge < -0.3 is 10.6 Å². The van der Waals surface area contributed by atoms with Crippen LogP contribution in [0.2, 0.25) is 0 Å². The van der Waals surface area contributed by atoms with Crippen molar-refractivity contribution in [2.75, 3.05) is 5.32 Å². The first-order valence-electron chi connectivity index (χ1n) is 7.67. The van der Waals surface area contributed by atoms with Gasteiger partial charge in [0.25, 0.3) is 0 Å². The Kier molecular flexibility index (Phi) is 5.98. The van der Waals surface area contributed by atoms with E-state index in [0.717, 1.165) is 17.7 Å². The van der Waals surface area contributed by atoms with E-state index in [4.69, 9.17) is 0 Å². The van der Waals surface area contributed by atoms with Gasteiger partial charge in [0.05, 0.1) is 0 Å². The molecule has 0 aliphatic rings. The van der Waals surface area contributed by atoms with E-state index in [0.29, 0.717) is 17.7 Å². The molecule has 3 nitrogen and oxygen atoms in total. The Balaban J connectivity index is 1.97. The van der Waals surface area contributed by atoms with Gasteiger partial charge in [-0.15, -0.1) is 0 Å². The Morgan fingerprint density at radius 3 is 2.21 bits per heavy atom. The summed E-state index contributed by atoms with van der Waals surface area (Å²) in [6.45, 7) is 3.87. The van der Waals surface area contributed by atoms with Crippen LogP contribution in [0, 0.1) is 17.5 Å². The van der Waals surface area contributed by atoms with Crippen LogP contribution < -0.4 is 10.6 Å². The lowest BCUT2D eigenvalue weighted by atomic mass is 10.1. The van der Waals surface area contributed by atoms with Gasteiger partial charge in [-0.3, -0.25) is 4.79 Å².